The van der Waals surface area contributed by atoms with E-state index in [9.17, 15) is 0 Å². The van der Waals surface area contributed by atoms with Crippen LogP contribution in [0.2, 0.25) is 0 Å². The van der Waals surface area contributed by atoms with Gasteiger partial charge in [0.1, 0.15) is 0 Å². The lowest BCUT2D eigenvalue weighted by molar-refractivity contribution is 0.768. The molecule has 0 aliphatic heterocycles. The highest BCUT2D eigenvalue weighted by atomic mass is 15.1. The first kappa shape index (κ1) is 42.4. The average molecular weight is 929 g/mol. The van der Waals surface area contributed by atoms with E-state index in [2.05, 4.69) is 301 Å². The Balaban J connectivity index is 1.01. The molecule has 342 valence electrons. The summed E-state index contributed by atoms with van der Waals surface area (Å²) >= 11 is 0. The number of anilines is 3. The first-order valence-electron chi connectivity index (χ1n) is 25.3. The van der Waals surface area contributed by atoms with Crippen LogP contribution in [0.4, 0.5) is 17.1 Å². The van der Waals surface area contributed by atoms with Crippen LogP contribution in [-0.4, -0.2) is 4.57 Å². The van der Waals surface area contributed by atoms with Crippen molar-refractivity contribution in [3.05, 3.63) is 313 Å². The summed E-state index contributed by atoms with van der Waals surface area (Å²) < 4.78 is 2.40. The van der Waals surface area contributed by atoms with Crippen LogP contribution in [0.25, 0.3) is 82.8 Å². The first-order valence-corrected chi connectivity index (χ1v) is 25.3. The van der Waals surface area contributed by atoms with E-state index >= 15 is 0 Å². The van der Waals surface area contributed by atoms with Crippen LogP contribution in [0.1, 0.15) is 22.3 Å². The third-order valence-electron chi connectivity index (χ3n) is 15.3. The van der Waals surface area contributed by atoms with Crippen molar-refractivity contribution in [2.24, 2.45) is 0 Å². The second-order valence-corrected chi connectivity index (χ2v) is 19.1. The number of benzene rings is 12. The third kappa shape index (κ3) is 6.72. The molecule has 0 fully saturated rings. The molecule has 0 unspecified atom stereocenters. The van der Waals surface area contributed by atoms with Crippen molar-refractivity contribution in [2.75, 3.05) is 4.90 Å². The standard InChI is InChI=1S/C71H48N2/c1-5-22-50(23-6-1)57-35-19-24-51-25-20-36-61(69(51)57)59-33-15-18-40-66(59)72(56-45-42-49(43-46-56)52-44-47-60-58-32-14-17-39-65(58)73(68(60)48-52)55-30-11-4-12-31-55)67-41-21-38-64-70(67)62-34-13-16-37-63(62)71(64,53-26-7-2-8-27-53)54-28-9-3-10-29-54/h1-48H. The van der Waals surface area contributed by atoms with Crippen LogP contribution < -0.4 is 4.90 Å². The average Bonchev–Trinajstić information content (AvgIpc) is 3.97. The molecule has 0 saturated carbocycles. The van der Waals surface area contributed by atoms with Gasteiger partial charge in [-0.05, 0) is 115 Å². The quantitative estimate of drug-likeness (QED) is 0.140. The zero-order valence-electron chi connectivity index (χ0n) is 40.1. The summed E-state index contributed by atoms with van der Waals surface area (Å²) in [5.41, 5.74) is 20.8. The molecular formula is C71H48N2. The Hall–Kier alpha value is -9.50. The van der Waals surface area contributed by atoms with Crippen LogP contribution in [0.15, 0.2) is 291 Å². The Bertz CT molecular complexity index is 4130. The summed E-state index contributed by atoms with van der Waals surface area (Å²) in [6.07, 6.45) is 0. The van der Waals surface area contributed by atoms with Gasteiger partial charge in [0, 0.05) is 33.3 Å². The molecule has 2 nitrogen and oxygen atoms in total. The molecule has 0 N–H and O–H groups in total. The minimum atomic E-state index is -0.555. The second-order valence-electron chi connectivity index (χ2n) is 19.1. The maximum absolute atomic E-state index is 2.53. The number of nitrogens with zero attached hydrogens (tertiary/aromatic N) is 2. The highest BCUT2D eigenvalue weighted by Gasteiger charge is 2.47. The van der Waals surface area contributed by atoms with Gasteiger partial charge in [-0.3, -0.25) is 0 Å². The number of hydrogen-bond acceptors (Lipinski definition) is 1. The van der Waals surface area contributed by atoms with Gasteiger partial charge in [0.25, 0.3) is 0 Å². The van der Waals surface area contributed by atoms with Gasteiger partial charge in [0.15, 0.2) is 0 Å². The van der Waals surface area contributed by atoms with Crippen molar-refractivity contribution in [1.29, 1.82) is 0 Å². The van der Waals surface area contributed by atoms with Gasteiger partial charge in [-0.15, -0.1) is 0 Å². The molecule has 0 saturated heterocycles. The van der Waals surface area contributed by atoms with E-state index in [-0.39, 0.29) is 0 Å². The van der Waals surface area contributed by atoms with Crippen molar-refractivity contribution in [1.82, 2.24) is 4.57 Å². The molecule has 73 heavy (non-hydrogen) atoms. The lowest BCUT2D eigenvalue weighted by atomic mass is 9.68. The summed E-state index contributed by atoms with van der Waals surface area (Å²) in [5, 5.41) is 4.93. The van der Waals surface area contributed by atoms with Crippen LogP contribution in [0, 0.1) is 0 Å². The van der Waals surface area contributed by atoms with Crippen LogP contribution in [0.5, 0.6) is 0 Å². The van der Waals surface area contributed by atoms with E-state index in [0.29, 0.717) is 0 Å². The molecule has 14 rings (SSSR count). The number of para-hydroxylation sites is 3. The molecule has 2 heteroatoms. The van der Waals surface area contributed by atoms with E-state index in [1.165, 1.54) is 88.2 Å². The molecular weight excluding hydrogens is 881 g/mol. The molecule has 0 atom stereocenters. The third-order valence-corrected chi connectivity index (χ3v) is 15.3. The summed E-state index contributed by atoms with van der Waals surface area (Å²) in [6, 6.07) is 107. The fraction of sp³-hybridized carbons (Fsp3) is 0.0141. The Morgan fingerprint density at radius 3 is 1.59 bits per heavy atom. The minimum Gasteiger partial charge on any atom is -0.309 e. The van der Waals surface area contributed by atoms with E-state index in [1.54, 1.807) is 0 Å². The van der Waals surface area contributed by atoms with Crippen molar-refractivity contribution < 1.29 is 0 Å². The van der Waals surface area contributed by atoms with Gasteiger partial charge in [-0.25, -0.2) is 0 Å². The van der Waals surface area contributed by atoms with Crippen molar-refractivity contribution in [3.63, 3.8) is 0 Å². The maximum atomic E-state index is 2.53. The van der Waals surface area contributed by atoms with E-state index in [0.717, 1.165) is 33.9 Å². The van der Waals surface area contributed by atoms with E-state index < -0.39 is 5.41 Å². The van der Waals surface area contributed by atoms with Gasteiger partial charge >= 0.3 is 0 Å². The maximum Gasteiger partial charge on any atom is 0.0714 e. The highest BCUT2D eigenvalue weighted by Crippen LogP contribution is 2.60. The van der Waals surface area contributed by atoms with Gasteiger partial charge in [-0.2, -0.15) is 0 Å². The molecule has 0 amide bonds. The van der Waals surface area contributed by atoms with Crippen molar-refractivity contribution in [2.45, 2.75) is 5.41 Å². The van der Waals surface area contributed by atoms with Gasteiger partial charge in [0.05, 0.1) is 27.8 Å². The van der Waals surface area contributed by atoms with E-state index in [4.69, 9.17) is 0 Å². The molecule has 13 aromatic rings. The summed E-state index contributed by atoms with van der Waals surface area (Å²) in [4.78, 5) is 2.53. The van der Waals surface area contributed by atoms with Crippen LogP contribution in [-0.2, 0) is 5.41 Å². The lowest BCUT2D eigenvalue weighted by Crippen LogP contribution is -2.28. The molecule has 0 radical (unpaired) electrons. The highest BCUT2D eigenvalue weighted by molar-refractivity contribution is 6.11. The number of fused-ring (bicyclic) bond motifs is 7. The Kier molecular flexibility index (Phi) is 10.1. The minimum absolute atomic E-state index is 0.555. The fourth-order valence-corrected chi connectivity index (χ4v) is 12.2. The largest absolute Gasteiger partial charge is 0.309 e. The normalized spacial score (nSPS) is 12.5. The first-order chi connectivity index (χ1) is 36.3. The predicted octanol–water partition coefficient (Wildman–Crippen LogP) is 18.8. The topological polar surface area (TPSA) is 8.17 Å². The fourth-order valence-electron chi connectivity index (χ4n) is 12.2. The monoisotopic (exact) mass is 928 g/mol. The van der Waals surface area contributed by atoms with Crippen LogP contribution in [0.3, 0.4) is 0 Å². The van der Waals surface area contributed by atoms with Gasteiger partial charge < -0.3 is 9.47 Å². The molecule has 0 spiro atoms. The second kappa shape index (κ2) is 17.4. The predicted molar refractivity (Wildman–Crippen MR) is 307 cm³/mol. The zero-order chi connectivity index (χ0) is 48.3. The number of rotatable bonds is 9. The summed E-state index contributed by atoms with van der Waals surface area (Å²) in [6.45, 7) is 0. The number of hydrogen-bond donors (Lipinski definition) is 0. The van der Waals surface area contributed by atoms with E-state index in [1.807, 2.05) is 0 Å². The summed E-state index contributed by atoms with van der Waals surface area (Å²) in [7, 11) is 0. The van der Waals surface area contributed by atoms with Crippen molar-refractivity contribution >= 4 is 49.6 Å². The molecule has 1 aliphatic rings. The SMILES string of the molecule is c1ccc(-c2cccc3cccc(-c4ccccc4N(c4ccc(-c5ccc6c7ccccc7n(-c7ccccc7)c6c5)cc4)c4cccc5c4-c4ccccc4C5(c4ccccc4)c4ccccc4)c23)cc1. The molecule has 1 aromatic heterocycles. The molecule has 12 aromatic carbocycles. The smallest absolute Gasteiger partial charge is 0.0714 e. The zero-order valence-corrected chi connectivity index (χ0v) is 40.1. The van der Waals surface area contributed by atoms with Crippen molar-refractivity contribution in [3.8, 4) is 50.2 Å². The van der Waals surface area contributed by atoms with Crippen LogP contribution >= 0.6 is 0 Å². The number of aromatic nitrogens is 1. The van der Waals surface area contributed by atoms with Gasteiger partial charge in [-0.1, -0.05) is 243 Å². The molecule has 0 bridgehead atoms. The van der Waals surface area contributed by atoms with Gasteiger partial charge in [0.2, 0.25) is 0 Å². The molecule has 1 aliphatic carbocycles. The Morgan fingerprint density at radius 1 is 0.315 bits per heavy atom. The Labute approximate surface area is 426 Å². The molecule has 1 heterocycles. The summed E-state index contributed by atoms with van der Waals surface area (Å²) in [5.74, 6) is 0. The Morgan fingerprint density at radius 2 is 0.849 bits per heavy atom. The lowest BCUT2D eigenvalue weighted by Gasteiger charge is -2.34.